The Balaban J connectivity index is 2.03. The maximum atomic E-state index is 3.33. The van der Waals surface area contributed by atoms with Gasteiger partial charge in [-0.25, -0.2) is 0 Å². The first-order valence-electron chi connectivity index (χ1n) is 8.41. The van der Waals surface area contributed by atoms with Gasteiger partial charge in [-0.1, -0.05) is 45.0 Å². The largest absolute Gasteiger partial charge is 0.319 e. The predicted octanol–water partition coefficient (Wildman–Crippen LogP) is 3.98. The van der Waals surface area contributed by atoms with E-state index in [1.807, 2.05) is 0 Å². The highest BCUT2D eigenvalue weighted by atomic mass is 15.2. The lowest BCUT2D eigenvalue weighted by atomic mass is 9.86. The second kappa shape index (κ2) is 6.93. The molecule has 0 bridgehead atoms. The van der Waals surface area contributed by atoms with Gasteiger partial charge in [-0.2, -0.15) is 0 Å². The average molecular weight is 288 g/mol. The van der Waals surface area contributed by atoms with Gasteiger partial charge in [0.1, 0.15) is 0 Å². The van der Waals surface area contributed by atoms with Crippen molar-refractivity contribution in [2.24, 2.45) is 5.92 Å². The zero-order valence-corrected chi connectivity index (χ0v) is 14.4. The molecule has 1 aromatic carbocycles. The molecule has 21 heavy (non-hydrogen) atoms. The fourth-order valence-corrected chi connectivity index (χ4v) is 3.38. The van der Waals surface area contributed by atoms with Crippen molar-refractivity contribution < 1.29 is 0 Å². The highest BCUT2D eigenvalue weighted by Crippen LogP contribution is 2.28. The normalized spacial score (nSPS) is 22.2. The van der Waals surface area contributed by atoms with Crippen molar-refractivity contribution in [2.45, 2.75) is 52.0 Å². The molecule has 0 radical (unpaired) electrons. The van der Waals surface area contributed by atoms with Gasteiger partial charge >= 0.3 is 0 Å². The van der Waals surface area contributed by atoms with Crippen molar-refractivity contribution in [2.75, 3.05) is 26.7 Å². The zero-order chi connectivity index (χ0) is 15.5. The molecule has 1 fully saturated rings. The van der Waals surface area contributed by atoms with Gasteiger partial charge in [-0.15, -0.1) is 0 Å². The molecule has 0 spiro atoms. The van der Waals surface area contributed by atoms with E-state index in [0.29, 0.717) is 6.04 Å². The Kier molecular flexibility index (Phi) is 5.45. The first-order chi connectivity index (χ1) is 9.91. The van der Waals surface area contributed by atoms with E-state index < -0.39 is 0 Å². The number of likely N-dealkylation sites (tertiary alicyclic amines) is 1. The molecule has 1 N–H and O–H groups in total. The van der Waals surface area contributed by atoms with E-state index in [4.69, 9.17) is 0 Å². The van der Waals surface area contributed by atoms with Crippen LogP contribution < -0.4 is 5.32 Å². The molecule has 118 valence electrons. The van der Waals surface area contributed by atoms with Crippen LogP contribution in [0.15, 0.2) is 24.3 Å². The highest BCUT2D eigenvalue weighted by Gasteiger charge is 2.24. The third-order valence-corrected chi connectivity index (χ3v) is 4.85. The van der Waals surface area contributed by atoms with Gasteiger partial charge in [0, 0.05) is 12.6 Å². The molecule has 1 aliphatic heterocycles. The number of hydrogen-bond donors (Lipinski definition) is 1. The minimum Gasteiger partial charge on any atom is -0.319 e. The van der Waals surface area contributed by atoms with Crippen molar-refractivity contribution >= 4 is 0 Å². The standard InChI is InChI=1S/C19H32N2/c1-15(21-12-6-7-16(14-21)13-20-5)17-8-10-18(11-9-17)19(2,3)4/h8-11,15-16,20H,6-7,12-14H2,1-5H3. The fraction of sp³-hybridized carbons (Fsp3) is 0.684. The molecular formula is C19H32N2. The van der Waals surface area contributed by atoms with Crippen LogP contribution in [0.25, 0.3) is 0 Å². The van der Waals surface area contributed by atoms with E-state index in [1.165, 1.54) is 37.1 Å². The Morgan fingerprint density at radius 3 is 2.48 bits per heavy atom. The summed E-state index contributed by atoms with van der Waals surface area (Å²) >= 11 is 0. The number of hydrogen-bond acceptors (Lipinski definition) is 2. The van der Waals surface area contributed by atoms with Crippen molar-refractivity contribution in [1.82, 2.24) is 10.2 Å². The number of piperidine rings is 1. The molecule has 2 heteroatoms. The van der Waals surface area contributed by atoms with Crippen molar-refractivity contribution in [3.8, 4) is 0 Å². The Morgan fingerprint density at radius 1 is 1.24 bits per heavy atom. The third-order valence-electron chi connectivity index (χ3n) is 4.85. The first kappa shape index (κ1) is 16.5. The lowest BCUT2D eigenvalue weighted by Crippen LogP contribution is -2.40. The number of rotatable bonds is 4. The van der Waals surface area contributed by atoms with Gasteiger partial charge in [0.05, 0.1) is 0 Å². The summed E-state index contributed by atoms with van der Waals surface area (Å²) in [5.74, 6) is 0.806. The maximum absolute atomic E-state index is 3.33. The summed E-state index contributed by atoms with van der Waals surface area (Å²) in [6.45, 7) is 12.8. The van der Waals surface area contributed by atoms with E-state index in [9.17, 15) is 0 Å². The van der Waals surface area contributed by atoms with Crippen molar-refractivity contribution in [1.29, 1.82) is 0 Å². The molecule has 0 amide bonds. The lowest BCUT2D eigenvalue weighted by Gasteiger charge is -2.37. The van der Waals surface area contributed by atoms with Crippen LogP contribution in [0, 0.1) is 5.92 Å². The molecule has 1 aromatic rings. The van der Waals surface area contributed by atoms with Crippen LogP contribution in [0.2, 0.25) is 0 Å². The zero-order valence-electron chi connectivity index (χ0n) is 14.4. The van der Waals surface area contributed by atoms with E-state index in [2.05, 4.69) is 69.2 Å². The van der Waals surface area contributed by atoms with Crippen LogP contribution in [0.3, 0.4) is 0 Å². The number of nitrogens with zero attached hydrogens (tertiary/aromatic N) is 1. The minimum absolute atomic E-state index is 0.241. The van der Waals surface area contributed by atoms with E-state index >= 15 is 0 Å². The highest BCUT2D eigenvalue weighted by molar-refractivity contribution is 5.29. The molecule has 0 saturated carbocycles. The van der Waals surface area contributed by atoms with Crippen LogP contribution in [-0.4, -0.2) is 31.6 Å². The third kappa shape index (κ3) is 4.31. The molecule has 0 aliphatic carbocycles. The van der Waals surface area contributed by atoms with Gasteiger partial charge < -0.3 is 5.32 Å². The summed E-state index contributed by atoms with van der Waals surface area (Å²) in [6, 6.07) is 9.79. The molecule has 2 atom stereocenters. The smallest absolute Gasteiger partial charge is 0.0320 e. The molecule has 1 heterocycles. The fourth-order valence-electron chi connectivity index (χ4n) is 3.38. The monoisotopic (exact) mass is 288 g/mol. The lowest BCUT2D eigenvalue weighted by molar-refractivity contribution is 0.131. The molecule has 1 saturated heterocycles. The van der Waals surface area contributed by atoms with E-state index in [-0.39, 0.29) is 5.41 Å². The quantitative estimate of drug-likeness (QED) is 0.901. The van der Waals surface area contributed by atoms with E-state index in [0.717, 1.165) is 12.5 Å². The second-order valence-corrected chi connectivity index (χ2v) is 7.61. The number of nitrogens with one attached hydrogen (secondary N) is 1. The second-order valence-electron chi connectivity index (χ2n) is 7.61. The molecule has 0 aromatic heterocycles. The van der Waals surface area contributed by atoms with Crippen molar-refractivity contribution in [3.63, 3.8) is 0 Å². The summed E-state index contributed by atoms with van der Waals surface area (Å²) in [7, 11) is 2.06. The van der Waals surface area contributed by atoms with Gasteiger partial charge in [0.15, 0.2) is 0 Å². The number of benzene rings is 1. The Labute approximate surface area is 130 Å². The van der Waals surface area contributed by atoms with Gasteiger partial charge in [0.25, 0.3) is 0 Å². The molecule has 2 rings (SSSR count). The summed E-state index contributed by atoms with van der Waals surface area (Å²) in [6.07, 6.45) is 2.70. The van der Waals surface area contributed by atoms with Crippen molar-refractivity contribution in [3.05, 3.63) is 35.4 Å². The van der Waals surface area contributed by atoms with Crippen LogP contribution in [0.5, 0.6) is 0 Å². The van der Waals surface area contributed by atoms with Gasteiger partial charge in [0.2, 0.25) is 0 Å². The summed E-state index contributed by atoms with van der Waals surface area (Å²) in [5.41, 5.74) is 3.11. The molecule has 2 nitrogen and oxygen atoms in total. The van der Waals surface area contributed by atoms with Crippen LogP contribution in [-0.2, 0) is 5.41 Å². The Hall–Kier alpha value is -0.860. The Bertz CT molecular complexity index is 428. The van der Waals surface area contributed by atoms with Gasteiger partial charge in [-0.3, -0.25) is 4.90 Å². The SMILES string of the molecule is CNCC1CCCN(C(C)c2ccc(C(C)(C)C)cc2)C1. The summed E-state index contributed by atoms with van der Waals surface area (Å²) in [4.78, 5) is 2.65. The summed E-state index contributed by atoms with van der Waals surface area (Å²) < 4.78 is 0. The molecular weight excluding hydrogens is 256 g/mol. The predicted molar refractivity (Wildman–Crippen MR) is 91.8 cm³/mol. The van der Waals surface area contributed by atoms with Crippen LogP contribution in [0.1, 0.15) is 57.7 Å². The van der Waals surface area contributed by atoms with Crippen LogP contribution in [0.4, 0.5) is 0 Å². The summed E-state index contributed by atoms with van der Waals surface area (Å²) in [5, 5.41) is 3.33. The molecule has 2 unspecified atom stereocenters. The van der Waals surface area contributed by atoms with Crippen LogP contribution >= 0.6 is 0 Å². The topological polar surface area (TPSA) is 15.3 Å². The first-order valence-corrected chi connectivity index (χ1v) is 8.41. The maximum Gasteiger partial charge on any atom is 0.0320 e. The Morgan fingerprint density at radius 2 is 1.90 bits per heavy atom. The molecule has 1 aliphatic rings. The minimum atomic E-state index is 0.241. The van der Waals surface area contributed by atoms with E-state index in [1.54, 1.807) is 0 Å². The van der Waals surface area contributed by atoms with Gasteiger partial charge in [-0.05, 0) is 62.4 Å². The average Bonchev–Trinajstić information content (AvgIpc) is 2.46.